The summed E-state index contributed by atoms with van der Waals surface area (Å²) in [4.78, 5) is 0. The van der Waals surface area contributed by atoms with Gasteiger partial charge in [-0.3, -0.25) is 0 Å². The van der Waals surface area contributed by atoms with Crippen LogP contribution in [-0.2, 0) is 4.74 Å². The Morgan fingerprint density at radius 3 is 2.58 bits per heavy atom. The zero-order valence-electron chi connectivity index (χ0n) is 12.0. The molecule has 0 aromatic heterocycles. The number of rotatable bonds is 2. The molecule has 0 amide bonds. The van der Waals surface area contributed by atoms with E-state index in [-0.39, 0.29) is 5.60 Å². The number of aliphatic hydroxyl groups is 1. The van der Waals surface area contributed by atoms with Gasteiger partial charge in [-0.15, -0.1) is 0 Å². The molecule has 5 rings (SSSR count). The Morgan fingerprint density at radius 2 is 1.95 bits per heavy atom. The lowest BCUT2D eigenvalue weighted by Crippen LogP contribution is -2.58. The van der Waals surface area contributed by atoms with Gasteiger partial charge < -0.3 is 15.2 Å². The second kappa shape index (κ2) is 4.19. The molecule has 4 bridgehead atoms. The van der Waals surface area contributed by atoms with Crippen molar-refractivity contribution in [2.75, 3.05) is 13.2 Å². The number of nitrogens with one attached hydrogen (secondary N) is 1. The van der Waals surface area contributed by atoms with E-state index >= 15 is 0 Å². The lowest BCUT2D eigenvalue weighted by atomic mass is 9.47. The third kappa shape index (κ3) is 2.14. The Balaban J connectivity index is 1.53. The van der Waals surface area contributed by atoms with Crippen molar-refractivity contribution in [2.24, 2.45) is 17.3 Å². The van der Waals surface area contributed by atoms with Gasteiger partial charge in [0.15, 0.2) is 0 Å². The lowest BCUT2D eigenvalue weighted by Gasteiger charge is -2.61. The van der Waals surface area contributed by atoms with Crippen molar-refractivity contribution >= 4 is 0 Å². The molecule has 4 aliphatic carbocycles. The molecule has 5 fully saturated rings. The van der Waals surface area contributed by atoms with Crippen LogP contribution in [0.1, 0.15) is 51.9 Å². The highest BCUT2D eigenvalue weighted by Gasteiger charge is 2.57. The molecule has 1 aliphatic heterocycles. The summed E-state index contributed by atoms with van der Waals surface area (Å²) in [6, 6.07) is 0.469. The largest absolute Gasteiger partial charge is 0.390 e. The molecule has 5 aliphatic rings. The molecular formula is C16H27NO2. The van der Waals surface area contributed by atoms with Crippen LogP contribution in [0.3, 0.4) is 0 Å². The number of hydrogen-bond donors (Lipinski definition) is 2. The second-order valence-electron chi connectivity index (χ2n) is 8.04. The molecule has 4 atom stereocenters. The molecule has 0 aromatic carbocycles. The van der Waals surface area contributed by atoms with Gasteiger partial charge in [0.2, 0.25) is 0 Å². The first-order chi connectivity index (χ1) is 9.06. The Hall–Kier alpha value is -0.120. The van der Waals surface area contributed by atoms with Crippen LogP contribution in [0.4, 0.5) is 0 Å². The highest BCUT2D eigenvalue weighted by molar-refractivity contribution is 5.09. The molecular weight excluding hydrogens is 238 g/mol. The van der Waals surface area contributed by atoms with Gasteiger partial charge in [0, 0.05) is 12.6 Å². The van der Waals surface area contributed by atoms with Crippen LogP contribution in [0, 0.1) is 17.3 Å². The molecule has 3 nitrogen and oxygen atoms in total. The summed E-state index contributed by atoms with van der Waals surface area (Å²) in [6.07, 6.45) is 8.78. The first-order valence-corrected chi connectivity index (χ1v) is 8.13. The van der Waals surface area contributed by atoms with Crippen molar-refractivity contribution in [2.45, 2.75) is 69.6 Å². The second-order valence-corrected chi connectivity index (χ2v) is 8.04. The Labute approximate surface area is 116 Å². The Bertz CT molecular complexity index is 356. The van der Waals surface area contributed by atoms with Crippen molar-refractivity contribution in [3.05, 3.63) is 0 Å². The van der Waals surface area contributed by atoms with Gasteiger partial charge in [-0.05, 0) is 69.1 Å². The predicted octanol–water partition coefficient (Wildman–Crippen LogP) is 2.08. The molecule has 4 unspecified atom stereocenters. The van der Waals surface area contributed by atoms with E-state index in [4.69, 9.17) is 4.74 Å². The van der Waals surface area contributed by atoms with E-state index in [1.165, 1.54) is 19.3 Å². The van der Waals surface area contributed by atoms with Gasteiger partial charge in [-0.1, -0.05) is 0 Å². The maximum Gasteiger partial charge on any atom is 0.0731 e. The summed E-state index contributed by atoms with van der Waals surface area (Å²) in [5.41, 5.74) is 0.0617. The van der Waals surface area contributed by atoms with E-state index in [1.54, 1.807) is 0 Å². The topological polar surface area (TPSA) is 41.5 Å². The third-order valence-electron chi connectivity index (χ3n) is 6.24. The monoisotopic (exact) mass is 265 g/mol. The molecule has 0 aromatic rings. The van der Waals surface area contributed by atoms with Crippen LogP contribution in [0.25, 0.3) is 0 Å². The van der Waals surface area contributed by atoms with Crippen LogP contribution < -0.4 is 5.32 Å². The first kappa shape index (κ1) is 12.6. The Kier molecular flexibility index (Phi) is 2.78. The molecule has 0 spiro atoms. The minimum atomic E-state index is -0.324. The molecule has 19 heavy (non-hydrogen) atoms. The summed E-state index contributed by atoms with van der Waals surface area (Å²) in [7, 11) is 0. The van der Waals surface area contributed by atoms with E-state index in [1.807, 2.05) is 0 Å². The predicted molar refractivity (Wildman–Crippen MR) is 73.9 cm³/mol. The quantitative estimate of drug-likeness (QED) is 0.803. The Morgan fingerprint density at radius 1 is 1.21 bits per heavy atom. The molecule has 3 heteroatoms. The summed E-state index contributed by atoms with van der Waals surface area (Å²) < 4.78 is 6.02. The maximum absolute atomic E-state index is 10.8. The van der Waals surface area contributed by atoms with E-state index in [9.17, 15) is 5.11 Å². The zero-order valence-corrected chi connectivity index (χ0v) is 12.0. The zero-order chi connectivity index (χ0) is 13.1. The minimum Gasteiger partial charge on any atom is -0.390 e. The van der Waals surface area contributed by atoms with Crippen molar-refractivity contribution in [3.8, 4) is 0 Å². The van der Waals surface area contributed by atoms with Gasteiger partial charge in [0.25, 0.3) is 0 Å². The fourth-order valence-corrected chi connectivity index (χ4v) is 6.08. The summed E-state index contributed by atoms with van der Waals surface area (Å²) in [5.74, 6) is 1.58. The molecule has 1 saturated heterocycles. The summed E-state index contributed by atoms with van der Waals surface area (Å²) in [5, 5.41) is 14.3. The first-order valence-electron chi connectivity index (χ1n) is 8.13. The van der Waals surface area contributed by atoms with Gasteiger partial charge in [0.05, 0.1) is 18.3 Å². The smallest absolute Gasteiger partial charge is 0.0731 e. The maximum atomic E-state index is 10.8. The highest BCUT2D eigenvalue weighted by Crippen LogP contribution is 2.63. The fraction of sp³-hybridized carbons (Fsp3) is 1.00. The van der Waals surface area contributed by atoms with Crippen LogP contribution >= 0.6 is 0 Å². The van der Waals surface area contributed by atoms with Gasteiger partial charge in [-0.25, -0.2) is 0 Å². The van der Waals surface area contributed by atoms with Crippen LogP contribution in [0.2, 0.25) is 0 Å². The minimum absolute atomic E-state index is 0.324. The van der Waals surface area contributed by atoms with Crippen LogP contribution in [0.5, 0.6) is 0 Å². The highest BCUT2D eigenvalue weighted by atomic mass is 16.5. The van der Waals surface area contributed by atoms with Gasteiger partial charge >= 0.3 is 0 Å². The van der Waals surface area contributed by atoms with Crippen LogP contribution in [-0.4, -0.2) is 36.0 Å². The van der Waals surface area contributed by atoms with E-state index in [2.05, 4.69) is 12.2 Å². The average Bonchev–Trinajstić information content (AvgIpc) is 2.28. The third-order valence-corrected chi connectivity index (χ3v) is 6.24. The summed E-state index contributed by atoms with van der Waals surface area (Å²) in [6.45, 7) is 4.08. The standard InChI is InChI=1S/C16H27NO2/c1-11-14(19-3-2-17-11)9-15-5-12-4-13(6-15)8-16(18,7-12)10-15/h11-14,17-18H,2-10H2,1H3. The van der Waals surface area contributed by atoms with Crippen LogP contribution in [0.15, 0.2) is 0 Å². The van der Waals surface area contributed by atoms with E-state index in [0.29, 0.717) is 17.6 Å². The van der Waals surface area contributed by atoms with Crippen molar-refractivity contribution in [3.63, 3.8) is 0 Å². The van der Waals surface area contributed by atoms with Gasteiger partial charge in [0.1, 0.15) is 0 Å². The van der Waals surface area contributed by atoms with E-state index in [0.717, 1.165) is 50.7 Å². The molecule has 0 radical (unpaired) electrons. The fourth-order valence-electron chi connectivity index (χ4n) is 6.08. The van der Waals surface area contributed by atoms with Gasteiger partial charge in [-0.2, -0.15) is 0 Å². The van der Waals surface area contributed by atoms with Crippen molar-refractivity contribution in [1.82, 2.24) is 5.32 Å². The molecule has 1 heterocycles. The average molecular weight is 265 g/mol. The number of morpholine rings is 1. The molecule has 2 N–H and O–H groups in total. The normalized spacial score (nSPS) is 56.5. The lowest BCUT2D eigenvalue weighted by molar-refractivity contribution is -0.178. The van der Waals surface area contributed by atoms with Crippen molar-refractivity contribution < 1.29 is 9.84 Å². The number of ether oxygens (including phenoxy) is 1. The molecule has 4 saturated carbocycles. The SMILES string of the molecule is CC1NCCOC1CC12CC3CC(CC(O)(C3)C1)C2. The van der Waals surface area contributed by atoms with E-state index < -0.39 is 0 Å². The number of hydrogen-bond acceptors (Lipinski definition) is 3. The summed E-state index contributed by atoms with van der Waals surface area (Å²) >= 11 is 0. The van der Waals surface area contributed by atoms with Crippen molar-refractivity contribution in [1.29, 1.82) is 0 Å². The molecule has 108 valence electrons.